The largest absolute Gasteiger partial charge is 0.494 e. The molecule has 102 valence electrons. The van der Waals surface area contributed by atoms with Gasteiger partial charge in [-0.3, -0.25) is 4.57 Å². The molecule has 3 rings (SSSR count). The molecule has 0 radical (unpaired) electrons. The zero-order chi connectivity index (χ0) is 13.8. The quantitative estimate of drug-likeness (QED) is 0.647. The number of fused-ring (bicyclic) bond motifs is 1. The highest BCUT2D eigenvalue weighted by molar-refractivity contribution is 5.77. The van der Waals surface area contributed by atoms with E-state index in [1.54, 1.807) is 0 Å². The molecule has 20 heavy (non-hydrogen) atoms. The summed E-state index contributed by atoms with van der Waals surface area (Å²) in [6.45, 7) is 2.94. The van der Waals surface area contributed by atoms with Gasteiger partial charge in [-0.1, -0.05) is 25.5 Å². The lowest BCUT2D eigenvalue weighted by molar-refractivity contribution is 0.309. The van der Waals surface area contributed by atoms with E-state index in [9.17, 15) is 0 Å². The van der Waals surface area contributed by atoms with E-state index in [0.717, 1.165) is 41.9 Å². The number of aromatic nitrogens is 2. The van der Waals surface area contributed by atoms with Crippen LogP contribution in [0.4, 0.5) is 0 Å². The molecule has 1 heterocycles. The lowest BCUT2D eigenvalue weighted by Gasteiger charge is -2.08. The van der Waals surface area contributed by atoms with Crippen molar-refractivity contribution in [2.24, 2.45) is 0 Å². The second-order valence-electron chi connectivity index (χ2n) is 4.80. The Kier molecular flexibility index (Phi) is 3.68. The summed E-state index contributed by atoms with van der Waals surface area (Å²) in [5.41, 5.74) is 3.23. The van der Waals surface area contributed by atoms with Gasteiger partial charge in [-0.05, 0) is 42.8 Å². The summed E-state index contributed by atoms with van der Waals surface area (Å²) in [5.74, 6) is 0.923. The van der Waals surface area contributed by atoms with Crippen molar-refractivity contribution in [1.82, 2.24) is 9.55 Å². The van der Waals surface area contributed by atoms with Crippen LogP contribution in [-0.4, -0.2) is 16.2 Å². The molecule has 3 heteroatoms. The molecule has 0 atom stereocenters. The molecule has 0 aliphatic rings. The third kappa shape index (κ3) is 2.52. The van der Waals surface area contributed by atoms with E-state index in [1.807, 2.05) is 36.7 Å². The summed E-state index contributed by atoms with van der Waals surface area (Å²) in [5, 5.41) is 0. The number of para-hydroxylation sites is 2. The highest BCUT2D eigenvalue weighted by Crippen LogP contribution is 2.20. The molecule has 0 bridgehead atoms. The molecule has 0 aliphatic carbocycles. The molecule has 3 aromatic rings. The summed E-state index contributed by atoms with van der Waals surface area (Å²) < 4.78 is 7.77. The Labute approximate surface area is 118 Å². The van der Waals surface area contributed by atoms with E-state index in [1.165, 1.54) is 0 Å². The topological polar surface area (TPSA) is 27.1 Å². The molecule has 0 aliphatic heterocycles. The molecular weight excluding hydrogens is 248 g/mol. The van der Waals surface area contributed by atoms with Gasteiger partial charge < -0.3 is 4.74 Å². The first-order chi connectivity index (χ1) is 9.88. The Balaban J connectivity index is 1.84. The van der Waals surface area contributed by atoms with Crippen LogP contribution in [0.25, 0.3) is 16.7 Å². The summed E-state index contributed by atoms with van der Waals surface area (Å²) >= 11 is 0. The molecule has 0 saturated carbocycles. The lowest BCUT2D eigenvalue weighted by atomic mass is 10.2. The Hall–Kier alpha value is -2.29. The van der Waals surface area contributed by atoms with Gasteiger partial charge in [0.05, 0.1) is 17.6 Å². The minimum absolute atomic E-state index is 0.782. The third-order valence-corrected chi connectivity index (χ3v) is 3.34. The number of unbranched alkanes of at least 4 members (excludes halogenated alkanes) is 1. The number of rotatable bonds is 5. The smallest absolute Gasteiger partial charge is 0.119 e. The summed E-state index contributed by atoms with van der Waals surface area (Å²) in [6, 6.07) is 16.3. The van der Waals surface area contributed by atoms with Gasteiger partial charge in [0.1, 0.15) is 12.1 Å². The van der Waals surface area contributed by atoms with Crippen molar-refractivity contribution in [3.8, 4) is 11.4 Å². The summed E-state index contributed by atoms with van der Waals surface area (Å²) in [6.07, 6.45) is 4.10. The van der Waals surface area contributed by atoms with Crippen molar-refractivity contribution in [3.63, 3.8) is 0 Å². The molecule has 0 saturated heterocycles. The number of benzene rings is 2. The molecular formula is C17H18N2O. The fourth-order valence-corrected chi connectivity index (χ4v) is 2.20. The van der Waals surface area contributed by atoms with E-state index < -0.39 is 0 Å². The van der Waals surface area contributed by atoms with Crippen LogP contribution in [0.1, 0.15) is 19.8 Å². The zero-order valence-corrected chi connectivity index (χ0v) is 11.6. The van der Waals surface area contributed by atoms with Crippen LogP contribution >= 0.6 is 0 Å². The Bertz CT molecular complexity index is 686. The highest BCUT2D eigenvalue weighted by Gasteiger charge is 2.03. The fourth-order valence-electron chi connectivity index (χ4n) is 2.20. The molecule has 2 aromatic carbocycles. The number of hydrogen-bond donors (Lipinski definition) is 0. The van der Waals surface area contributed by atoms with Gasteiger partial charge >= 0.3 is 0 Å². The van der Waals surface area contributed by atoms with Gasteiger partial charge in [0.2, 0.25) is 0 Å². The van der Waals surface area contributed by atoms with Crippen molar-refractivity contribution in [2.75, 3.05) is 6.61 Å². The van der Waals surface area contributed by atoms with Crippen LogP contribution in [0.3, 0.4) is 0 Å². The van der Waals surface area contributed by atoms with Gasteiger partial charge in [0.15, 0.2) is 0 Å². The minimum atomic E-state index is 0.782. The van der Waals surface area contributed by atoms with Crippen LogP contribution in [0, 0.1) is 0 Å². The van der Waals surface area contributed by atoms with Crippen molar-refractivity contribution in [1.29, 1.82) is 0 Å². The molecule has 0 spiro atoms. The number of nitrogens with zero attached hydrogens (tertiary/aromatic N) is 2. The SMILES string of the molecule is CCCCOc1ccc(-n2cnc3ccccc32)cc1. The molecule has 0 unspecified atom stereocenters. The Morgan fingerprint density at radius 2 is 1.85 bits per heavy atom. The minimum Gasteiger partial charge on any atom is -0.494 e. The van der Waals surface area contributed by atoms with Gasteiger partial charge in [-0.2, -0.15) is 0 Å². The van der Waals surface area contributed by atoms with Crippen molar-refractivity contribution in [3.05, 3.63) is 54.9 Å². The van der Waals surface area contributed by atoms with Gasteiger partial charge in [0.25, 0.3) is 0 Å². The zero-order valence-electron chi connectivity index (χ0n) is 11.6. The maximum Gasteiger partial charge on any atom is 0.119 e. The first-order valence-electron chi connectivity index (χ1n) is 7.04. The van der Waals surface area contributed by atoms with Crippen molar-refractivity contribution >= 4 is 11.0 Å². The van der Waals surface area contributed by atoms with E-state index in [-0.39, 0.29) is 0 Å². The van der Waals surface area contributed by atoms with Gasteiger partial charge in [-0.25, -0.2) is 4.98 Å². The second-order valence-corrected chi connectivity index (χ2v) is 4.80. The van der Waals surface area contributed by atoms with Gasteiger partial charge in [0, 0.05) is 5.69 Å². The van der Waals surface area contributed by atoms with E-state index in [0.29, 0.717) is 0 Å². The van der Waals surface area contributed by atoms with E-state index in [2.05, 4.69) is 34.7 Å². The standard InChI is InChI=1S/C17H18N2O/c1-2-3-12-20-15-10-8-14(9-11-15)19-13-18-16-6-4-5-7-17(16)19/h4-11,13H,2-3,12H2,1H3. The molecule has 1 aromatic heterocycles. The highest BCUT2D eigenvalue weighted by atomic mass is 16.5. The van der Waals surface area contributed by atoms with Crippen molar-refractivity contribution in [2.45, 2.75) is 19.8 Å². The number of hydrogen-bond acceptors (Lipinski definition) is 2. The molecule has 3 nitrogen and oxygen atoms in total. The lowest BCUT2D eigenvalue weighted by Crippen LogP contribution is -1.97. The maximum atomic E-state index is 5.68. The summed E-state index contributed by atoms with van der Waals surface area (Å²) in [7, 11) is 0. The Morgan fingerprint density at radius 1 is 1.05 bits per heavy atom. The van der Waals surface area contributed by atoms with Gasteiger partial charge in [-0.15, -0.1) is 0 Å². The molecule has 0 fully saturated rings. The van der Waals surface area contributed by atoms with E-state index >= 15 is 0 Å². The molecule has 0 amide bonds. The number of imidazole rings is 1. The maximum absolute atomic E-state index is 5.68. The first-order valence-corrected chi connectivity index (χ1v) is 7.04. The third-order valence-electron chi connectivity index (χ3n) is 3.34. The van der Waals surface area contributed by atoms with Crippen LogP contribution in [0.5, 0.6) is 5.75 Å². The van der Waals surface area contributed by atoms with Crippen LogP contribution in [-0.2, 0) is 0 Å². The average molecular weight is 266 g/mol. The first kappa shape index (κ1) is 12.7. The number of ether oxygens (including phenoxy) is 1. The normalized spacial score (nSPS) is 10.8. The fraction of sp³-hybridized carbons (Fsp3) is 0.235. The second kappa shape index (κ2) is 5.78. The molecule has 0 N–H and O–H groups in total. The van der Waals surface area contributed by atoms with Crippen LogP contribution in [0.15, 0.2) is 54.9 Å². The van der Waals surface area contributed by atoms with Crippen molar-refractivity contribution < 1.29 is 4.74 Å². The monoisotopic (exact) mass is 266 g/mol. The predicted octanol–water partition coefficient (Wildman–Crippen LogP) is 4.20. The Morgan fingerprint density at radius 3 is 2.65 bits per heavy atom. The van der Waals surface area contributed by atoms with Crippen LogP contribution < -0.4 is 4.74 Å². The van der Waals surface area contributed by atoms with Crippen LogP contribution in [0.2, 0.25) is 0 Å². The average Bonchev–Trinajstić information content (AvgIpc) is 2.92. The summed E-state index contributed by atoms with van der Waals surface area (Å²) in [4.78, 5) is 4.41. The predicted molar refractivity (Wildman–Crippen MR) is 81.5 cm³/mol. The van der Waals surface area contributed by atoms with E-state index in [4.69, 9.17) is 4.74 Å².